The van der Waals surface area contributed by atoms with E-state index < -0.39 is 9.84 Å². The van der Waals surface area contributed by atoms with E-state index in [1.807, 2.05) is 20.2 Å². The van der Waals surface area contributed by atoms with Gasteiger partial charge in [0, 0.05) is 24.8 Å². The minimum absolute atomic E-state index is 0.103. The van der Waals surface area contributed by atoms with Crippen LogP contribution in [0.3, 0.4) is 0 Å². The summed E-state index contributed by atoms with van der Waals surface area (Å²) in [4.78, 5) is 0. The van der Waals surface area contributed by atoms with Gasteiger partial charge < -0.3 is 5.32 Å². The molecule has 2 heterocycles. The summed E-state index contributed by atoms with van der Waals surface area (Å²) in [5.74, 6) is 0.781. The van der Waals surface area contributed by atoms with Crippen LogP contribution in [-0.2, 0) is 16.9 Å². The van der Waals surface area contributed by atoms with Crippen LogP contribution < -0.4 is 5.32 Å². The summed E-state index contributed by atoms with van der Waals surface area (Å²) in [5.41, 5.74) is 2.12. The van der Waals surface area contributed by atoms with Gasteiger partial charge in [-0.05, 0) is 32.2 Å². The molecule has 0 bridgehead atoms. The summed E-state index contributed by atoms with van der Waals surface area (Å²) in [6.45, 7) is 5.00. The molecule has 0 spiro atoms. The van der Waals surface area contributed by atoms with Crippen LogP contribution in [0, 0.1) is 12.8 Å². The average molecular weight is 285 g/mol. The highest BCUT2D eigenvalue weighted by molar-refractivity contribution is 7.91. The molecule has 0 aromatic carbocycles. The highest BCUT2D eigenvalue weighted by Gasteiger charge is 2.35. The van der Waals surface area contributed by atoms with Gasteiger partial charge in [0.15, 0.2) is 9.84 Å². The Bertz CT molecular complexity index is 536. The largest absolute Gasteiger partial charge is 0.310 e. The number of nitrogens with zero attached hydrogens (tertiary/aromatic N) is 2. The van der Waals surface area contributed by atoms with Crippen LogP contribution in [0.15, 0.2) is 6.20 Å². The Morgan fingerprint density at radius 2 is 2.32 bits per heavy atom. The Kier molecular flexibility index (Phi) is 4.30. The molecular weight excluding hydrogens is 262 g/mol. The average Bonchev–Trinajstić information content (AvgIpc) is 2.83. The molecule has 1 aromatic rings. The first-order valence-corrected chi connectivity index (χ1v) is 8.69. The molecule has 0 amide bonds. The second-order valence-corrected chi connectivity index (χ2v) is 7.67. The molecule has 1 fully saturated rings. The van der Waals surface area contributed by atoms with E-state index in [0.29, 0.717) is 11.5 Å². The Hall–Kier alpha value is -0.880. The van der Waals surface area contributed by atoms with E-state index in [0.717, 1.165) is 30.6 Å². The van der Waals surface area contributed by atoms with Crippen LogP contribution in [0.5, 0.6) is 0 Å². The summed E-state index contributed by atoms with van der Waals surface area (Å²) in [7, 11) is -0.945. The number of aryl methyl sites for hydroxylation is 2. The second kappa shape index (κ2) is 5.63. The van der Waals surface area contributed by atoms with Gasteiger partial charge in [0.2, 0.25) is 0 Å². The van der Waals surface area contributed by atoms with Crippen LogP contribution in [0.2, 0.25) is 0 Å². The molecule has 108 valence electrons. The number of sulfone groups is 1. The Balaban J connectivity index is 2.23. The van der Waals surface area contributed by atoms with Gasteiger partial charge in [-0.3, -0.25) is 4.68 Å². The Labute approximate surface area is 115 Å². The zero-order chi connectivity index (χ0) is 14.0. The molecule has 1 N–H and O–H groups in total. The fraction of sp³-hybridized carbons (Fsp3) is 0.769. The molecule has 1 aromatic heterocycles. The molecule has 19 heavy (non-hydrogen) atoms. The van der Waals surface area contributed by atoms with Gasteiger partial charge in [-0.15, -0.1) is 0 Å². The third-order valence-electron chi connectivity index (χ3n) is 3.74. The van der Waals surface area contributed by atoms with Crippen molar-refractivity contribution in [3.8, 4) is 0 Å². The van der Waals surface area contributed by atoms with Crippen molar-refractivity contribution in [3.05, 3.63) is 17.5 Å². The van der Waals surface area contributed by atoms with Crippen LogP contribution in [-0.4, -0.2) is 36.2 Å². The Morgan fingerprint density at radius 1 is 1.58 bits per heavy atom. The highest BCUT2D eigenvalue weighted by atomic mass is 32.2. The van der Waals surface area contributed by atoms with Crippen molar-refractivity contribution in [2.75, 3.05) is 18.1 Å². The molecule has 1 aliphatic heterocycles. The lowest BCUT2D eigenvalue weighted by molar-refractivity contribution is 0.391. The summed E-state index contributed by atoms with van der Waals surface area (Å²) in [6, 6.07) is 0.103. The lowest BCUT2D eigenvalue weighted by Crippen LogP contribution is -2.30. The molecule has 5 nitrogen and oxygen atoms in total. The van der Waals surface area contributed by atoms with Gasteiger partial charge in [0.1, 0.15) is 0 Å². The van der Waals surface area contributed by atoms with Crippen LogP contribution in [0.4, 0.5) is 0 Å². The van der Waals surface area contributed by atoms with Crippen molar-refractivity contribution >= 4 is 9.84 Å². The zero-order valence-electron chi connectivity index (χ0n) is 11.9. The topological polar surface area (TPSA) is 64.0 Å². The van der Waals surface area contributed by atoms with E-state index in [2.05, 4.69) is 17.3 Å². The first-order valence-electron chi connectivity index (χ1n) is 6.87. The zero-order valence-corrected chi connectivity index (χ0v) is 12.7. The summed E-state index contributed by atoms with van der Waals surface area (Å²) >= 11 is 0. The minimum atomic E-state index is -2.85. The number of hydrogen-bond acceptors (Lipinski definition) is 4. The molecular formula is C13H23N3O2S. The number of hydrogen-bond donors (Lipinski definition) is 1. The van der Waals surface area contributed by atoms with Gasteiger partial charge in [-0.1, -0.05) is 6.92 Å². The fourth-order valence-corrected chi connectivity index (χ4v) is 4.68. The first-order chi connectivity index (χ1) is 8.93. The van der Waals surface area contributed by atoms with Gasteiger partial charge in [-0.2, -0.15) is 5.10 Å². The minimum Gasteiger partial charge on any atom is -0.310 e. The highest BCUT2D eigenvalue weighted by Crippen LogP contribution is 2.32. The molecule has 1 aliphatic rings. The molecule has 2 rings (SSSR count). The predicted molar refractivity (Wildman–Crippen MR) is 75.7 cm³/mol. The van der Waals surface area contributed by atoms with E-state index in [9.17, 15) is 8.42 Å². The van der Waals surface area contributed by atoms with Crippen LogP contribution in [0.25, 0.3) is 0 Å². The third-order valence-corrected chi connectivity index (χ3v) is 5.53. The van der Waals surface area contributed by atoms with Crippen molar-refractivity contribution < 1.29 is 8.42 Å². The van der Waals surface area contributed by atoms with Gasteiger partial charge in [0.25, 0.3) is 0 Å². The maximum atomic E-state index is 11.7. The lowest BCUT2D eigenvalue weighted by Gasteiger charge is -2.23. The number of nitrogens with one attached hydrogen (secondary N) is 1. The van der Waals surface area contributed by atoms with Gasteiger partial charge >= 0.3 is 0 Å². The molecule has 0 saturated carbocycles. The smallest absolute Gasteiger partial charge is 0.150 e. The summed E-state index contributed by atoms with van der Waals surface area (Å²) in [5, 5.41) is 7.88. The van der Waals surface area contributed by atoms with Crippen molar-refractivity contribution in [1.82, 2.24) is 15.1 Å². The van der Waals surface area contributed by atoms with E-state index in [1.54, 1.807) is 4.68 Å². The molecule has 6 heteroatoms. The van der Waals surface area contributed by atoms with Crippen molar-refractivity contribution in [2.24, 2.45) is 13.0 Å². The van der Waals surface area contributed by atoms with Crippen molar-refractivity contribution in [3.63, 3.8) is 0 Å². The SMILES string of the molecule is CCCNC(c1cn(C)nc1C)C1CCS(=O)(=O)C1. The first kappa shape index (κ1) is 14.5. The molecule has 0 radical (unpaired) electrons. The normalized spacial score (nSPS) is 23.6. The van der Waals surface area contributed by atoms with Gasteiger partial charge in [-0.25, -0.2) is 8.42 Å². The predicted octanol–water partition coefficient (Wildman–Crippen LogP) is 1.20. The van der Waals surface area contributed by atoms with Gasteiger partial charge in [0.05, 0.1) is 17.2 Å². The second-order valence-electron chi connectivity index (χ2n) is 5.44. The fourth-order valence-electron chi connectivity index (χ4n) is 2.84. The van der Waals surface area contributed by atoms with E-state index in [4.69, 9.17) is 0 Å². The third kappa shape index (κ3) is 3.36. The molecule has 2 unspecified atom stereocenters. The number of aromatic nitrogens is 2. The van der Waals surface area contributed by atoms with E-state index >= 15 is 0 Å². The van der Waals surface area contributed by atoms with Crippen molar-refractivity contribution in [1.29, 1.82) is 0 Å². The molecule has 1 saturated heterocycles. The van der Waals surface area contributed by atoms with Crippen LogP contribution >= 0.6 is 0 Å². The standard InChI is InChI=1S/C13H23N3O2S/c1-4-6-14-13(11-5-7-19(17,18)9-11)12-8-16(3)15-10(12)2/h8,11,13-14H,4-7,9H2,1-3H3. The van der Waals surface area contributed by atoms with E-state index in [-0.39, 0.29) is 12.0 Å². The van der Waals surface area contributed by atoms with Crippen LogP contribution in [0.1, 0.15) is 37.1 Å². The summed E-state index contributed by atoms with van der Waals surface area (Å²) < 4.78 is 25.2. The Morgan fingerprint density at radius 3 is 2.79 bits per heavy atom. The monoisotopic (exact) mass is 285 g/mol. The maximum absolute atomic E-state index is 11.7. The molecule has 0 aliphatic carbocycles. The van der Waals surface area contributed by atoms with E-state index in [1.165, 1.54) is 0 Å². The summed E-state index contributed by atoms with van der Waals surface area (Å²) in [6.07, 6.45) is 3.79. The maximum Gasteiger partial charge on any atom is 0.150 e. The quantitative estimate of drug-likeness (QED) is 0.883. The molecule has 2 atom stereocenters. The van der Waals surface area contributed by atoms with Crippen molar-refractivity contribution in [2.45, 2.75) is 32.7 Å². The number of rotatable bonds is 5. The lowest BCUT2D eigenvalue weighted by atomic mass is 9.93.